The molecule has 5 nitrogen and oxygen atoms in total. The number of hydrogen-bond acceptors (Lipinski definition) is 4. The second-order valence-electron chi connectivity index (χ2n) is 5.55. The van der Waals surface area contributed by atoms with Gasteiger partial charge >= 0.3 is 0 Å². The standard InChI is InChI=1S/C16H23N3O2S/c17-16(18-11-13-4-1-2-9-22-13)19-12-5-6-14-15(10-12)21-8-3-7-20-14/h5-6,10,13H,1-4,7-9,11H2,(H3,17,18,19). The molecule has 3 N–H and O–H groups in total. The first-order valence-electron chi connectivity index (χ1n) is 7.89. The van der Waals surface area contributed by atoms with Gasteiger partial charge in [0.05, 0.1) is 19.8 Å². The molecule has 1 fully saturated rings. The minimum Gasteiger partial charge on any atom is -0.490 e. The van der Waals surface area contributed by atoms with Crippen molar-refractivity contribution >= 4 is 23.4 Å². The smallest absolute Gasteiger partial charge is 0.193 e. The van der Waals surface area contributed by atoms with E-state index in [0.717, 1.165) is 30.2 Å². The molecule has 0 saturated carbocycles. The highest BCUT2D eigenvalue weighted by molar-refractivity contribution is 7.99. The summed E-state index contributed by atoms with van der Waals surface area (Å²) < 4.78 is 11.3. The fraction of sp³-hybridized carbons (Fsp3) is 0.562. The van der Waals surface area contributed by atoms with Crippen LogP contribution in [-0.4, -0.2) is 36.7 Å². The molecule has 2 aliphatic heterocycles. The third-order valence-corrected chi connectivity index (χ3v) is 5.14. The number of anilines is 1. The maximum atomic E-state index is 5.99. The molecule has 22 heavy (non-hydrogen) atoms. The number of nitrogens with zero attached hydrogens (tertiary/aromatic N) is 1. The Bertz CT molecular complexity index is 530. The molecule has 1 aromatic rings. The second-order valence-corrected chi connectivity index (χ2v) is 6.96. The van der Waals surface area contributed by atoms with Crippen molar-refractivity contribution in [3.8, 4) is 11.5 Å². The normalized spacial score (nSPS) is 22.0. The lowest BCUT2D eigenvalue weighted by atomic mass is 10.2. The van der Waals surface area contributed by atoms with Crippen LogP contribution in [0.1, 0.15) is 25.7 Å². The lowest BCUT2D eigenvalue weighted by Gasteiger charge is -2.19. The second kappa shape index (κ2) is 7.63. The number of benzene rings is 1. The van der Waals surface area contributed by atoms with Gasteiger partial charge in [0, 0.05) is 23.4 Å². The number of nitrogens with two attached hydrogens (primary N) is 1. The highest BCUT2D eigenvalue weighted by atomic mass is 32.2. The third-order valence-electron chi connectivity index (χ3n) is 3.76. The lowest BCUT2D eigenvalue weighted by molar-refractivity contribution is 0.297. The van der Waals surface area contributed by atoms with E-state index in [2.05, 4.69) is 10.3 Å². The van der Waals surface area contributed by atoms with Crippen LogP contribution < -0.4 is 20.5 Å². The number of ether oxygens (including phenoxy) is 2. The molecule has 0 amide bonds. The Labute approximate surface area is 135 Å². The number of fused-ring (bicyclic) bond motifs is 1. The molecule has 1 atom stereocenters. The van der Waals surface area contributed by atoms with Gasteiger partial charge in [-0.25, -0.2) is 0 Å². The van der Waals surface area contributed by atoms with E-state index in [1.807, 2.05) is 30.0 Å². The third kappa shape index (κ3) is 4.22. The maximum absolute atomic E-state index is 5.99. The average Bonchev–Trinajstić information content (AvgIpc) is 2.79. The van der Waals surface area contributed by atoms with E-state index in [0.29, 0.717) is 24.4 Å². The van der Waals surface area contributed by atoms with E-state index in [4.69, 9.17) is 15.2 Å². The summed E-state index contributed by atoms with van der Waals surface area (Å²) in [4.78, 5) is 4.46. The number of thioether (sulfide) groups is 1. The minimum absolute atomic E-state index is 0.459. The highest BCUT2D eigenvalue weighted by Gasteiger charge is 2.14. The van der Waals surface area contributed by atoms with Crippen molar-refractivity contribution in [2.24, 2.45) is 10.7 Å². The highest BCUT2D eigenvalue weighted by Crippen LogP contribution is 2.32. The molecule has 2 aliphatic rings. The number of hydrogen-bond donors (Lipinski definition) is 2. The number of rotatable bonds is 3. The molecule has 0 bridgehead atoms. The van der Waals surface area contributed by atoms with Gasteiger partial charge in [0.2, 0.25) is 0 Å². The molecule has 0 aliphatic carbocycles. The SMILES string of the molecule is NC(=NCC1CCCCS1)Nc1ccc2c(c1)OCCCO2. The fourth-order valence-corrected chi connectivity index (χ4v) is 3.80. The van der Waals surface area contributed by atoms with Crippen LogP contribution in [-0.2, 0) is 0 Å². The van der Waals surface area contributed by atoms with Gasteiger partial charge in [-0.05, 0) is 30.7 Å². The molecule has 0 aromatic heterocycles. The first-order valence-corrected chi connectivity index (χ1v) is 8.94. The lowest BCUT2D eigenvalue weighted by Crippen LogP contribution is -2.25. The van der Waals surface area contributed by atoms with Gasteiger partial charge in [-0.2, -0.15) is 11.8 Å². The molecule has 120 valence electrons. The summed E-state index contributed by atoms with van der Waals surface area (Å²) in [6, 6.07) is 5.76. The predicted octanol–water partition coefficient (Wildman–Crippen LogP) is 2.86. The van der Waals surface area contributed by atoms with E-state index in [1.165, 1.54) is 25.0 Å². The van der Waals surface area contributed by atoms with Gasteiger partial charge in [0.15, 0.2) is 17.5 Å². The summed E-state index contributed by atoms with van der Waals surface area (Å²) in [5.74, 6) is 3.26. The van der Waals surface area contributed by atoms with Crippen LogP contribution in [0.15, 0.2) is 23.2 Å². The van der Waals surface area contributed by atoms with Crippen molar-refractivity contribution in [1.82, 2.24) is 0 Å². The van der Waals surface area contributed by atoms with Crippen molar-refractivity contribution < 1.29 is 9.47 Å². The topological polar surface area (TPSA) is 68.9 Å². The molecule has 1 aromatic carbocycles. The average molecular weight is 321 g/mol. The van der Waals surface area contributed by atoms with Crippen LogP contribution in [0.25, 0.3) is 0 Å². The van der Waals surface area contributed by atoms with Crippen LogP contribution in [0.4, 0.5) is 5.69 Å². The quantitative estimate of drug-likeness (QED) is 0.662. The van der Waals surface area contributed by atoms with Gasteiger partial charge in [-0.3, -0.25) is 4.99 Å². The summed E-state index contributed by atoms with van der Waals surface area (Å²) >= 11 is 2.01. The fourth-order valence-electron chi connectivity index (χ4n) is 2.58. The van der Waals surface area contributed by atoms with E-state index in [9.17, 15) is 0 Å². The number of nitrogens with one attached hydrogen (secondary N) is 1. The van der Waals surface area contributed by atoms with Gasteiger partial charge in [0.1, 0.15) is 0 Å². The van der Waals surface area contributed by atoms with Crippen molar-refractivity contribution in [3.63, 3.8) is 0 Å². The Hall–Kier alpha value is -1.56. The predicted molar refractivity (Wildman–Crippen MR) is 92.3 cm³/mol. The van der Waals surface area contributed by atoms with Gasteiger partial charge in [0.25, 0.3) is 0 Å². The van der Waals surface area contributed by atoms with E-state index in [-0.39, 0.29) is 0 Å². The molecule has 1 saturated heterocycles. The Morgan fingerprint density at radius 1 is 1.23 bits per heavy atom. The molecular formula is C16H23N3O2S. The summed E-state index contributed by atoms with van der Waals surface area (Å²) in [6.45, 7) is 2.16. The van der Waals surface area contributed by atoms with Gasteiger partial charge < -0.3 is 20.5 Å². The molecule has 2 heterocycles. The van der Waals surface area contributed by atoms with Crippen molar-refractivity contribution in [2.45, 2.75) is 30.9 Å². The molecular weight excluding hydrogens is 298 g/mol. The van der Waals surface area contributed by atoms with Crippen LogP contribution in [0.3, 0.4) is 0 Å². The van der Waals surface area contributed by atoms with Crippen LogP contribution in [0.2, 0.25) is 0 Å². The summed E-state index contributed by atoms with van der Waals surface area (Å²) in [5.41, 5.74) is 6.86. The van der Waals surface area contributed by atoms with Gasteiger partial charge in [-0.15, -0.1) is 0 Å². The zero-order valence-electron chi connectivity index (χ0n) is 12.7. The maximum Gasteiger partial charge on any atom is 0.193 e. The molecule has 3 rings (SSSR count). The van der Waals surface area contributed by atoms with Crippen LogP contribution in [0.5, 0.6) is 11.5 Å². The summed E-state index contributed by atoms with van der Waals surface area (Å²) in [6.07, 6.45) is 4.78. The Kier molecular flexibility index (Phi) is 5.32. The summed E-state index contributed by atoms with van der Waals surface area (Å²) in [5, 5.41) is 3.74. The first-order chi connectivity index (χ1) is 10.8. The largest absolute Gasteiger partial charge is 0.490 e. The monoisotopic (exact) mass is 321 g/mol. The van der Waals surface area contributed by atoms with Gasteiger partial charge in [-0.1, -0.05) is 6.42 Å². The van der Waals surface area contributed by atoms with E-state index in [1.54, 1.807) is 0 Å². The zero-order chi connectivity index (χ0) is 15.2. The molecule has 0 radical (unpaired) electrons. The van der Waals surface area contributed by atoms with Crippen molar-refractivity contribution in [2.75, 3.05) is 30.8 Å². The molecule has 0 spiro atoms. The summed E-state index contributed by atoms with van der Waals surface area (Å²) in [7, 11) is 0. The van der Waals surface area contributed by atoms with Crippen LogP contribution >= 0.6 is 11.8 Å². The Balaban J connectivity index is 1.58. The van der Waals surface area contributed by atoms with Crippen LogP contribution in [0, 0.1) is 0 Å². The molecule has 6 heteroatoms. The molecule has 1 unspecified atom stereocenters. The minimum atomic E-state index is 0.459. The number of aliphatic imine (C=N–C) groups is 1. The zero-order valence-corrected chi connectivity index (χ0v) is 13.5. The van der Waals surface area contributed by atoms with E-state index >= 15 is 0 Å². The number of guanidine groups is 1. The Morgan fingerprint density at radius 2 is 2.09 bits per heavy atom. The van der Waals surface area contributed by atoms with Crippen molar-refractivity contribution in [1.29, 1.82) is 0 Å². The van der Waals surface area contributed by atoms with E-state index < -0.39 is 0 Å². The first kappa shape index (κ1) is 15.3. The van der Waals surface area contributed by atoms with Crippen molar-refractivity contribution in [3.05, 3.63) is 18.2 Å². The Morgan fingerprint density at radius 3 is 2.91 bits per heavy atom.